The molecule has 1 aromatic heterocycles. The highest BCUT2D eigenvalue weighted by atomic mass is 16.4. The highest BCUT2D eigenvalue weighted by molar-refractivity contribution is 5.75. The van der Waals surface area contributed by atoms with Crippen molar-refractivity contribution < 1.29 is 14.7 Å². The van der Waals surface area contributed by atoms with E-state index in [-0.39, 0.29) is 36.4 Å². The van der Waals surface area contributed by atoms with E-state index in [0.717, 1.165) is 12.1 Å². The van der Waals surface area contributed by atoms with Crippen molar-refractivity contribution in [3.05, 3.63) is 34.2 Å². The lowest BCUT2D eigenvalue weighted by molar-refractivity contribution is -0.136. The number of piperidine rings is 1. The molecule has 0 aromatic carbocycles. The first-order valence-corrected chi connectivity index (χ1v) is 7.49. The van der Waals surface area contributed by atoms with E-state index in [4.69, 9.17) is 5.11 Å². The molecule has 2 atom stereocenters. The maximum absolute atomic E-state index is 12.1. The first-order chi connectivity index (χ1) is 10.5. The van der Waals surface area contributed by atoms with Crippen LogP contribution in [0.2, 0.25) is 0 Å². The maximum Gasteiger partial charge on any atom is 0.317 e. The normalized spacial score (nSPS) is 22.8. The first-order valence-electron chi connectivity index (χ1n) is 7.49. The van der Waals surface area contributed by atoms with Gasteiger partial charge in [-0.1, -0.05) is 6.07 Å². The van der Waals surface area contributed by atoms with Gasteiger partial charge in [-0.2, -0.15) is 0 Å². The third kappa shape index (κ3) is 2.84. The van der Waals surface area contributed by atoms with E-state index in [1.54, 1.807) is 17.0 Å². The molecule has 0 spiro atoms. The van der Waals surface area contributed by atoms with Crippen LogP contribution in [0.5, 0.6) is 0 Å². The van der Waals surface area contributed by atoms with Crippen molar-refractivity contribution in [2.45, 2.75) is 25.3 Å². The predicted octanol–water partition coefficient (Wildman–Crippen LogP) is 0.452. The van der Waals surface area contributed by atoms with Crippen molar-refractivity contribution in [2.24, 2.45) is 5.92 Å². The number of pyridine rings is 1. The molecule has 7 nitrogen and oxygen atoms in total. The maximum atomic E-state index is 12.1. The smallest absolute Gasteiger partial charge is 0.317 e. The number of nitrogens with zero attached hydrogens (tertiary/aromatic N) is 2. The fourth-order valence-corrected chi connectivity index (χ4v) is 3.45. The third-order valence-corrected chi connectivity index (χ3v) is 4.38. The number of carboxylic acids is 1. The van der Waals surface area contributed by atoms with E-state index in [9.17, 15) is 14.4 Å². The van der Waals surface area contributed by atoms with Crippen LogP contribution in [-0.2, 0) is 11.3 Å². The first kappa shape index (κ1) is 14.6. The van der Waals surface area contributed by atoms with Crippen LogP contribution < -0.4 is 10.9 Å². The number of likely N-dealkylation sites (tertiary alicyclic amines) is 1. The van der Waals surface area contributed by atoms with Crippen LogP contribution in [0.4, 0.5) is 4.79 Å². The number of carbonyl (C=O) groups excluding carboxylic acids is 1. The number of hydrogen-bond acceptors (Lipinski definition) is 3. The second-order valence-corrected chi connectivity index (χ2v) is 5.98. The van der Waals surface area contributed by atoms with Gasteiger partial charge in [0, 0.05) is 43.9 Å². The van der Waals surface area contributed by atoms with E-state index in [1.807, 2.05) is 10.6 Å². The lowest BCUT2D eigenvalue weighted by Crippen LogP contribution is -2.52. The molecule has 7 heteroatoms. The summed E-state index contributed by atoms with van der Waals surface area (Å²) < 4.78 is 1.82. The number of aliphatic carboxylic acids is 1. The van der Waals surface area contributed by atoms with Gasteiger partial charge >= 0.3 is 12.0 Å². The Morgan fingerprint density at radius 1 is 1.27 bits per heavy atom. The van der Waals surface area contributed by atoms with Gasteiger partial charge in [0.2, 0.25) is 0 Å². The molecule has 118 valence electrons. The summed E-state index contributed by atoms with van der Waals surface area (Å²) in [6, 6.07) is 5.07. The van der Waals surface area contributed by atoms with Crippen LogP contribution in [-0.4, -0.2) is 46.2 Å². The van der Waals surface area contributed by atoms with Crippen molar-refractivity contribution in [3.63, 3.8) is 0 Å². The van der Waals surface area contributed by atoms with Crippen LogP contribution in [0, 0.1) is 5.92 Å². The van der Waals surface area contributed by atoms with Gasteiger partial charge in [0.25, 0.3) is 5.56 Å². The molecule has 2 bridgehead atoms. The second kappa shape index (κ2) is 5.82. The fourth-order valence-electron chi connectivity index (χ4n) is 3.45. The molecule has 22 heavy (non-hydrogen) atoms. The molecule has 0 radical (unpaired) electrons. The fraction of sp³-hybridized carbons (Fsp3) is 0.533. The quantitative estimate of drug-likeness (QED) is 0.848. The van der Waals surface area contributed by atoms with Crippen LogP contribution in [0.1, 0.15) is 24.5 Å². The Labute approximate surface area is 127 Å². The Balaban J connectivity index is 1.69. The number of hydrogen-bond donors (Lipinski definition) is 2. The Morgan fingerprint density at radius 3 is 2.86 bits per heavy atom. The summed E-state index contributed by atoms with van der Waals surface area (Å²) in [7, 11) is 0. The summed E-state index contributed by atoms with van der Waals surface area (Å²) in [5, 5.41) is 11.3. The van der Waals surface area contributed by atoms with Gasteiger partial charge in [-0.15, -0.1) is 0 Å². The SMILES string of the molecule is O=C(O)CCNC(=O)N1C[C@H]2C[C@H](C1)c1cccc(=O)n1C2. The highest BCUT2D eigenvalue weighted by Crippen LogP contribution is 2.34. The van der Waals surface area contributed by atoms with Crippen molar-refractivity contribution in [2.75, 3.05) is 19.6 Å². The lowest BCUT2D eigenvalue weighted by atomic mass is 9.83. The Bertz CT molecular complexity index is 654. The van der Waals surface area contributed by atoms with Gasteiger partial charge < -0.3 is 19.9 Å². The topological polar surface area (TPSA) is 91.6 Å². The van der Waals surface area contributed by atoms with Gasteiger partial charge in [-0.25, -0.2) is 4.79 Å². The molecule has 0 aliphatic carbocycles. The van der Waals surface area contributed by atoms with Gasteiger partial charge in [0.1, 0.15) is 0 Å². The van der Waals surface area contributed by atoms with Crippen molar-refractivity contribution in [1.29, 1.82) is 0 Å². The zero-order chi connectivity index (χ0) is 15.7. The minimum absolute atomic E-state index is 0.0200. The van der Waals surface area contributed by atoms with E-state index in [1.165, 1.54) is 0 Å². The van der Waals surface area contributed by atoms with Crippen LogP contribution >= 0.6 is 0 Å². The minimum Gasteiger partial charge on any atom is -0.481 e. The van der Waals surface area contributed by atoms with Gasteiger partial charge in [-0.05, 0) is 18.4 Å². The molecule has 2 amide bonds. The van der Waals surface area contributed by atoms with E-state index in [0.29, 0.717) is 19.6 Å². The summed E-state index contributed by atoms with van der Waals surface area (Å²) in [5.74, 6) is -0.479. The number of aromatic nitrogens is 1. The number of carbonyl (C=O) groups is 2. The van der Waals surface area contributed by atoms with E-state index >= 15 is 0 Å². The predicted molar refractivity (Wildman–Crippen MR) is 78.8 cm³/mol. The van der Waals surface area contributed by atoms with Crippen LogP contribution in [0.3, 0.4) is 0 Å². The molecule has 1 aromatic rings. The van der Waals surface area contributed by atoms with Gasteiger partial charge in [0.05, 0.1) is 6.42 Å². The zero-order valence-corrected chi connectivity index (χ0v) is 12.2. The Hall–Kier alpha value is -2.31. The van der Waals surface area contributed by atoms with E-state index < -0.39 is 5.97 Å². The summed E-state index contributed by atoms with van der Waals surface area (Å²) in [6.07, 6.45) is 0.910. The molecule has 0 unspecified atom stereocenters. The Morgan fingerprint density at radius 2 is 2.09 bits per heavy atom. The zero-order valence-electron chi connectivity index (χ0n) is 12.2. The highest BCUT2D eigenvalue weighted by Gasteiger charge is 2.36. The van der Waals surface area contributed by atoms with Crippen molar-refractivity contribution in [1.82, 2.24) is 14.8 Å². The number of amides is 2. The van der Waals surface area contributed by atoms with E-state index in [2.05, 4.69) is 5.32 Å². The van der Waals surface area contributed by atoms with Crippen molar-refractivity contribution >= 4 is 12.0 Å². The monoisotopic (exact) mass is 305 g/mol. The molecule has 3 heterocycles. The molecule has 1 saturated heterocycles. The Kier molecular flexibility index (Phi) is 3.87. The summed E-state index contributed by atoms with van der Waals surface area (Å²) in [5.41, 5.74) is 1.01. The molecule has 0 saturated carbocycles. The molecule has 2 aliphatic heterocycles. The molecule has 3 rings (SSSR count). The molecular formula is C15H19N3O4. The number of urea groups is 1. The number of carboxylic acid groups (broad SMARTS) is 1. The largest absolute Gasteiger partial charge is 0.481 e. The summed E-state index contributed by atoms with van der Waals surface area (Å²) in [6.45, 7) is 1.95. The third-order valence-electron chi connectivity index (χ3n) is 4.38. The van der Waals surface area contributed by atoms with Gasteiger partial charge in [-0.3, -0.25) is 9.59 Å². The summed E-state index contributed by atoms with van der Waals surface area (Å²) >= 11 is 0. The minimum atomic E-state index is -0.927. The lowest BCUT2D eigenvalue weighted by Gasteiger charge is -2.42. The number of rotatable bonds is 3. The average molecular weight is 305 g/mol. The second-order valence-electron chi connectivity index (χ2n) is 5.98. The van der Waals surface area contributed by atoms with Crippen molar-refractivity contribution in [3.8, 4) is 0 Å². The van der Waals surface area contributed by atoms with Crippen LogP contribution in [0.15, 0.2) is 23.0 Å². The molecule has 1 fully saturated rings. The molecule has 2 N–H and O–H groups in total. The molecule has 2 aliphatic rings. The van der Waals surface area contributed by atoms with Crippen LogP contribution in [0.25, 0.3) is 0 Å². The standard InChI is InChI=1S/C15H19N3O4/c19-13-3-1-2-12-11-6-10(8-18(12)13)7-17(9-11)15(22)16-5-4-14(20)21/h1-3,10-11H,4-9H2,(H,16,22)(H,20,21)/t10-,11-/m1/s1. The molecular weight excluding hydrogens is 286 g/mol. The number of fused-ring (bicyclic) bond motifs is 4. The van der Waals surface area contributed by atoms with Gasteiger partial charge in [0.15, 0.2) is 0 Å². The average Bonchev–Trinajstić information content (AvgIpc) is 2.48. The number of nitrogens with one attached hydrogen (secondary N) is 1. The summed E-state index contributed by atoms with van der Waals surface area (Å²) in [4.78, 5) is 36.3.